The van der Waals surface area contributed by atoms with Crippen LogP contribution in [0.4, 0.5) is 4.79 Å². The van der Waals surface area contributed by atoms with Crippen molar-refractivity contribution in [2.75, 3.05) is 33.2 Å². The predicted molar refractivity (Wildman–Crippen MR) is 104 cm³/mol. The first kappa shape index (κ1) is 18.0. The highest BCUT2D eigenvalue weighted by Gasteiger charge is 2.26. The van der Waals surface area contributed by atoms with Crippen LogP contribution < -0.4 is 9.47 Å². The van der Waals surface area contributed by atoms with Crippen molar-refractivity contribution < 1.29 is 33.2 Å². The van der Waals surface area contributed by atoms with Gasteiger partial charge in [-0.05, 0) is 0 Å². The van der Waals surface area contributed by atoms with E-state index in [-0.39, 0.29) is 19.3 Å². The minimum absolute atomic E-state index is 0.0829. The Bertz CT molecular complexity index is 985. The standard InChI is InChI=1S/C22H20O7/c23-22-27-12-15(29-22)11-26-21-18-7-3-1-5-16(18)20(17-6-2-4-8-19(17)21)25-10-14-9-24-13-28-14/h1-8,14-15H,9-13H2. The van der Waals surface area contributed by atoms with Gasteiger partial charge in [-0.1, -0.05) is 48.5 Å². The van der Waals surface area contributed by atoms with Gasteiger partial charge in [-0.25, -0.2) is 4.79 Å². The average Bonchev–Trinajstić information content (AvgIpc) is 3.42. The summed E-state index contributed by atoms with van der Waals surface area (Å²) in [5, 5.41) is 3.74. The molecule has 5 rings (SSSR count). The Balaban J connectivity index is 1.53. The van der Waals surface area contributed by atoms with Gasteiger partial charge in [-0.2, -0.15) is 0 Å². The Labute approximate surface area is 167 Å². The van der Waals surface area contributed by atoms with Gasteiger partial charge < -0.3 is 28.4 Å². The van der Waals surface area contributed by atoms with Gasteiger partial charge in [0, 0.05) is 21.5 Å². The highest BCUT2D eigenvalue weighted by Crippen LogP contribution is 2.42. The summed E-state index contributed by atoms with van der Waals surface area (Å²) in [4.78, 5) is 11.2. The number of hydrogen-bond donors (Lipinski definition) is 0. The zero-order chi connectivity index (χ0) is 19.6. The van der Waals surface area contributed by atoms with E-state index in [0.717, 1.165) is 33.0 Å². The highest BCUT2D eigenvalue weighted by atomic mass is 16.8. The molecule has 3 aromatic carbocycles. The lowest BCUT2D eigenvalue weighted by molar-refractivity contribution is 0.0324. The van der Waals surface area contributed by atoms with Gasteiger partial charge in [0.1, 0.15) is 44.2 Å². The number of benzene rings is 3. The summed E-state index contributed by atoms with van der Waals surface area (Å²) in [6.07, 6.45) is -1.16. The lowest BCUT2D eigenvalue weighted by Crippen LogP contribution is -2.21. The summed E-state index contributed by atoms with van der Waals surface area (Å²) >= 11 is 0. The lowest BCUT2D eigenvalue weighted by Gasteiger charge is -2.19. The second-order valence-electron chi connectivity index (χ2n) is 6.95. The molecular weight excluding hydrogens is 376 g/mol. The van der Waals surface area contributed by atoms with Crippen molar-refractivity contribution in [1.82, 2.24) is 0 Å². The van der Waals surface area contributed by atoms with Crippen molar-refractivity contribution in [3.05, 3.63) is 48.5 Å². The number of carbonyl (C=O) groups is 1. The van der Waals surface area contributed by atoms with E-state index >= 15 is 0 Å². The fourth-order valence-corrected chi connectivity index (χ4v) is 3.63. The molecule has 0 spiro atoms. The molecule has 7 nitrogen and oxygen atoms in total. The van der Waals surface area contributed by atoms with E-state index in [1.54, 1.807) is 0 Å². The van der Waals surface area contributed by atoms with E-state index in [0.29, 0.717) is 20.0 Å². The third-order valence-corrected chi connectivity index (χ3v) is 5.00. The Kier molecular flexibility index (Phi) is 4.83. The first-order valence-corrected chi connectivity index (χ1v) is 9.51. The summed E-state index contributed by atoms with van der Waals surface area (Å²) in [6.45, 7) is 1.65. The lowest BCUT2D eigenvalue weighted by atomic mass is 10.0. The molecule has 0 radical (unpaired) electrons. The summed E-state index contributed by atoms with van der Waals surface area (Å²) in [7, 11) is 0. The molecule has 7 heteroatoms. The van der Waals surface area contributed by atoms with Crippen LogP contribution in [-0.4, -0.2) is 51.6 Å². The van der Waals surface area contributed by atoms with Crippen LogP contribution in [0.15, 0.2) is 48.5 Å². The molecule has 2 unspecified atom stereocenters. The zero-order valence-corrected chi connectivity index (χ0v) is 15.7. The summed E-state index contributed by atoms with van der Waals surface area (Å²) in [5.74, 6) is 1.52. The second kappa shape index (κ2) is 7.77. The van der Waals surface area contributed by atoms with Gasteiger partial charge >= 0.3 is 6.16 Å². The number of hydrogen-bond acceptors (Lipinski definition) is 7. The summed E-state index contributed by atoms with van der Waals surface area (Å²) < 4.78 is 33.1. The Hall–Kier alpha value is -3.03. The van der Waals surface area contributed by atoms with Gasteiger partial charge in [0.25, 0.3) is 0 Å². The first-order valence-electron chi connectivity index (χ1n) is 9.51. The fraction of sp³-hybridized carbons (Fsp3) is 0.318. The third kappa shape index (κ3) is 3.54. The molecule has 0 bridgehead atoms. The molecule has 29 heavy (non-hydrogen) atoms. The van der Waals surface area contributed by atoms with E-state index < -0.39 is 12.3 Å². The Morgan fingerprint density at radius 3 is 1.79 bits per heavy atom. The van der Waals surface area contributed by atoms with Crippen molar-refractivity contribution in [3.63, 3.8) is 0 Å². The highest BCUT2D eigenvalue weighted by molar-refractivity contribution is 6.11. The molecule has 0 amide bonds. The van der Waals surface area contributed by atoms with Crippen molar-refractivity contribution in [3.8, 4) is 11.5 Å². The largest absolute Gasteiger partial charge is 0.508 e. The number of ether oxygens (including phenoxy) is 6. The monoisotopic (exact) mass is 396 g/mol. The maximum Gasteiger partial charge on any atom is 0.508 e. The topological polar surface area (TPSA) is 72.5 Å². The third-order valence-electron chi connectivity index (χ3n) is 5.00. The van der Waals surface area contributed by atoms with Gasteiger partial charge in [-0.3, -0.25) is 0 Å². The quantitative estimate of drug-likeness (QED) is 0.465. The SMILES string of the molecule is O=C1OCC(COc2c3ccccc3c(OCC3COCO3)c3ccccc23)O1. The molecule has 2 atom stereocenters. The van der Waals surface area contributed by atoms with Crippen LogP contribution in [0.3, 0.4) is 0 Å². The molecular formula is C22H20O7. The number of cyclic esters (lactones) is 2. The Morgan fingerprint density at radius 1 is 0.793 bits per heavy atom. The minimum Gasteiger partial charge on any atom is -0.489 e. The molecule has 0 aromatic heterocycles. The fourth-order valence-electron chi connectivity index (χ4n) is 3.63. The molecule has 2 aliphatic heterocycles. The van der Waals surface area contributed by atoms with Gasteiger partial charge in [0.2, 0.25) is 0 Å². The van der Waals surface area contributed by atoms with Crippen molar-refractivity contribution in [2.45, 2.75) is 12.2 Å². The van der Waals surface area contributed by atoms with Crippen LogP contribution in [-0.2, 0) is 18.9 Å². The molecule has 150 valence electrons. The van der Waals surface area contributed by atoms with Crippen LogP contribution >= 0.6 is 0 Å². The smallest absolute Gasteiger partial charge is 0.489 e. The van der Waals surface area contributed by atoms with E-state index in [4.69, 9.17) is 28.4 Å². The van der Waals surface area contributed by atoms with Crippen LogP contribution in [0.2, 0.25) is 0 Å². The zero-order valence-electron chi connectivity index (χ0n) is 15.7. The van der Waals surface area contributed by atoms with Gasteiger partial charge in [0.15, 0.2) is 6.10 Å². The molecule has 2 fully saturated rings. The molecule has 0 saturated carbocycles. The van der Waals surface area contributed by atoms with E-state index in [1.165, 1.54) is 0 Å². The normalized spacial score (nSPS) is 21.3. The van der Waals surface area contributed by atoms with Gasteiger partial charge in [-0.15, -0.1) is 0 Å². The first-order chi connectivity index (χ1) is 14.3. The van der Waals surface area contributed by atoms with Crippen molar-refractivity contribution >= 4 is 27.7 Å². The maximum absolute atomic E-state index is 11.2. The Morgan fingerprint density at radius 2 is 1.34 bits per heavy atom. The van der Waals surface area contributed by atoms with Crippen molar-refractivity contribution in [1.29, 1.82) is 0 Å². The molecule has 2 aliphatic rings. The van der Waals surface area contributed by atoms with Gasteiger partial charge in [0.05, 0.1) is 6.61 Å². The summed E-state index contributed by atoms with van der Waals surface area (Å²) in [6, 6.07) is 15.9. The molecule has 3 aromatic rings. The van der Waals surface area contributed by atoms with Crippen LogP contribution in [0, 0.1) is 0 Å². The average molecular weight is 396 g/mol. The molecule has 2 saturated heterocycles. The number of rotatable bonds is 6. The number of fused-ring (bicyclic) bond motifs is 2. The molecule has 0 aliphatic carbocycles. The van der Waals surface area contributed by atoms with Crippen LogP contribution in [0.5, 0.6) is 11.5 Å². The molecule has 0 N–H and O–H groups in total. The number of carbonyl (C=O) groups excluding carboxylic acids is 1. The van der Waals surface area contributed by atoms with Crippen LogP contribution in [0.1, 0.15) is 0 Å². The predicted octanol–water partition coefficient (Wildman–Crippen LogP) is 3.66. The van der Waals surface area contributed by atoms with Crippen molar-refractivity contribution in [2.24, 2.45) is 0 Å². The van der Waals surface area contributed by atoms with E-state index in [9.17, 15) is 4.79 Å². The maximum atomic E-state index is 11.2. The minimum atomic E-state index is -0.657. The second-order valence-corrected chi connectivity index (χ2v) is 6.95. The van der Waals surface area contributed by atoms with Crippen LogP contribution in [0.25, 0.3) is 21.5 Å². The molecule has 2 heterocycles. The van der Waals surface area contributed by atoms with E-state index in [2.05, 4.69) is 0 Å². The summed E-state index contributed by atoms with van der Waals surface area (Å²) in [5.41, 5.74) is 0. The van der Waals surface area contributed by atoms with E-state index in [1.807, 2.05) is 48.5 Å².